The van der Waals surface area contributed by atoms with Crippen LogP contribution in [-0.4, -0.2) is 6.72 Å². The second-order valence-electron chi connectivity index (χ2n) is 3.27. The van der Waals surface area contributed by atoms with Crippen LogP contribution < -0.4 is 0 Å². The summed E-state index contributed by atoms with van der Waals surface area (Å²) in [6.45, 7) is 7.04. The zero-order chi connectivity index (χ0) is 12.1. The third kappa shape index (κ3) is 2.58. The van der Waals surface area contributed by atoms with Crippen molar-refractivity contribution in [1.82, 2.24) is 0 Å². The Hall–Kier alpha value is -1.41. The van der Waals surface area contributed by atoms with E-state index in [-0.39, 0.29) is 5.02 Å². The van der Waals surface area contributed by atoms with E-state index in [0.29, 0.717) is 16.8 Å². The molecule has 1 rings (SSSR count). The molecule has 84 valence electrons. The predicted molar refractivity (Wildman–Crippen MR) is 68.5 cm³/mol. The van der Waals surface area contributed by atoms with Crippen molar-refractivity contribution >= 4 is 24.0 Å². The minimum atomic E-state index is -0.408. The molecule has 0 unspecified atom stereocenters. The van der Waals surface area contributed by atoms with Crippen LogP contribution in [0.25, 0.3) is 5.70 Å². The topological polar surface area (TPSA) is 12.4 Å². The van der Waals surface area contributed by atoms with Crippen LogP contribution in [0.4, 0.5) is 4.39 Å². The van der Waals surface area contributed by atoms with Gasteiger partial charge in [0, 0.05) is 5.56 Å². The Bertz CT molecular complexity index is 461. The molecular formula is C13H13ClFN. The molecule has 1 aromatic carbocycles. The number of rotatable bonds is 3. The third-order valence-electron chi connectivity index (χ3n) is 2.23. The Balaban J connectivity index is 3.32. The smallest absolute Gasteiger partial charge is 0.145 e. The third-order valence-corrected chi connectivity index (χ3v) is 2.52. The summed E-state index contributed by atoms with van der Waals surface area (Å²) < 4.78 is 13.6. The SMILES string of the molecule is C=N/C(=C\C=C/C)c1ccc(Cl)c(F)c1C. The molecule has 0 saturated carbocycles. The van der Waals surface area contributed by atoms with Crippen molar-refractivity contribution in [3.63, 3.8) is 0 Å². The van der Waals surface area contributed by atoms with Crippen molar-refractivity contribution < 1.29 is 4.39 Å². The second kappa shape index (κ2) is 5.61. The van der Waals surface area contributed by atoms with Crippen LogP contribution in [-0.2, 0) is 0 Å². The van der Waals surface area contributed by atoms with Gasteiger partial charge in [0.05, 0.1) is 10.7 Å². The molecule has 16 heavy (non-hydrogen) atoms. The molecule has 3 heteroatoms. The lowest BCUT2D eigenvalue weighted by Gasteiger charge is -2.07. The van der Waals surface area contributed by atoms with Gasteiger partial charge in [-0.3, -0.25) is 4.99 Å². The van der Waals surface area contributed by atoms with Gasteiger partial charge in [0.15, 0.2) is 0 Å². The van der Waals surface area contributed by atoms with E-state index in [4.69, 9.17) is 11.6 Å². The first-order valence-corrected chi connectivity index (χ1v) is 5.24. The van der Waals surface area contributed by atoms with E-state index in [1.54, 1.807) is 19.1 Å². The molecule has 0 saturated heterocycles. The van der Waals surface area contributed by atoms with Gasteiger partial charge in [-0.2, -0.15) is 0 Å². The molecule has 0 spiro atoms. The fourth-order valence-corrected chi connectivity index (χ4v) is 1.55. The van der Waals surface area contributed by atoms with Crippen LogP contribution in [0.5, 0.6) is 0 Å². The maximum absolute atomic E-state index is 13.6. The lowest BCUT2D eigenvalue weighted by atomic mass is 10.0. The van der Waals surface area contributed by atoms with Crippen LogP contribution in [0, 0.1) is 12.7 Å². The minimum absolute atomic E-state index is 0.121. The largest absolute Gasteiger partial charge is 0.264 e. The standard InChI is InChI=1S/C13H13ClFN/c1-4-5-6-12(16-3)10-7-8-11(14)13(15)9(10)2/h4-8H,3H2,1-2H3/b5-4-,12-6-. The van der Waals surface area contributed by atoms with Gasteiger partial charge >= 0.3 is 0 Å². The second-order valence-corrected chi connectivity index (χ2v) is 3.68. The Morgan fingerprint density at radius 2 is 2.19 bits per heavy atom. The van der Waals surface area contributed by atoms with E-state index in [1.165, 1.54) is 6.07 Å². The molecule has 0 aliphatic rings. The zero-order valence-corrected chi connectivity index (χ0v) is 10.1. The number of benzene rings is 1. The van der Waals surface area contributed by atoms with Crippen molar-refractivity contribution in [2.24, 2.45) is 4.99 Å². The lowest BCUT2D eigenvalue weighted by Crippen LogP contribution is -1.92. The first-order valence-electron chi connectivity index (χ1n) is 4.86. The van der Waals surface area contributed by atoms with Gasteiger partial charge < -0.3 is 0 Å². The Morgan fingerprint density at radius 3 is 2.75 bits per heavy atom. The van der Waals surface area contributed by atoms with Crippen molar-refractivity contribution in [2.75, 3.05) is 0 Å². The average Bonchev–Trinajstić information content (AvgIpc) is 2.29. The molecule has 0 heterocycles. The zero-order valence-electron chi connectivity index (χ0n) is 9.30. The maximum atomic E-state index is 13.6. The van der Waals surface area contributed by atoms with Crippen LogP contribution >= 0.6 is 11.6 Å². The van der Waals surface area contributed by atoms with Gasteiger partial charge in [-0.15, -0.1) is 0 Å². The number of nitrogens with zero attached hydrogens (tertiary/aromatic N) is 1. The molecule has 1 nitrogen and oxygen atoms in total. The normalized spacial score (nSPS) is 12.1. The summed E-state index contributed by atoms with van der Waals surface area (Å²) in [5, 5.41) is 0.121. The highest BCUT2D eigenvalue weighted by molar-refractivity contribution is 6.30. The Kier molecular flexibility index (Phi) is 4.44. The highest BCUT2D eigenvalue weighted by atomic mass is 35.5. The molecular weight excluding hydrogens is 225 g/mol. The lowest BCUT2D eigenvalue weighted by molar-refractivity contribution is 0.618. The number of hydrogen-bond acceptors (Lipinski definition) is 1. The fourth-order valence-electron chi connectivity index (χ4n) is 1.34. The van der Waals surface area contributed by atoms with E-state index >= 15 is 0 Å². The maximum Gasteiger partial charge on any atom is 0.145 e. The number of hydrogen-bond donors (Lipinski definition) is 0. The summed E-state index contributed by atoms with van der Waals surface area (Å²) in [5.41, 5.74) is 1.82. The molecule has 0 atom stereocenters. The van der Waals surface area contributed by atoms with Crippen molar-refractivity contribution in [3.8, 4) is 0 Å². The highest BCUT2D eigenvalue weighted by Gasteiger charge is 2.10. The average molecular weight is 238 g/mol. The summed E-state index contributed by atoms with van der Waals surface area (Å²) in [5.74, 6) is -0.408. The monoisotopic (exact) mass is 237 g/mol. The molecule has 0 amide bonds. The van der Waals surface area contributed by atoms with E-state index in [9.17, 15) is 4.39 Å². The highest BCUT2D eigenvalue weighted by Crippen LogP contribution is 2.26. The molecule has 0 aliphatic heterocycles. The van der Waals surface area contributed by atoms with E-state index < -0.39 is 5.82 Å². The molecule has 0 fully saturated rings. The van der Waals surface area contributed by atoms with Gasteiger partial charge in [-0.1, -0.05) is 29.8 Å². The van der Waals surface area contributed by atoms with Gasteiger partial charge in [0.25, 0.3) is 0 Å². The fraction of sp³-hybridized carbons (Fsp3) is 0.154. The van der Waals surface area contributed by atoms with E-state index in [0.717, 1.165) is 0 Å². The van der Waals surface area contributed by atoms with Crippen molar-refractivity contribution in [3.05, 3.63) is 52.3 Å². The predicted octanol–water partition coefficient (Wildman–Crippen LogP) is 4.41. The molecule has 0 radical (unpaired) electrons. The molecule has 0 aliphatic carbocycles. The van der Waals surface area contributed by atoms with Crippen molar-refractivity contribution in [2.45, 2.75) is 13.8 Å². The van der Waals surface area contributed by atoms with E-state index in [1.807, 2.05) is 19.1 Å². The van der Waals surface area contributed by atoms with Crippen LogP contribution in [0.15, 0.2) is 35.4 Å². The van der Waals surface area contributed by atoms with Gasteiger partial charge in [0.1, 0.15) is 5.82 Å². The summed E-state index contributed by atoms with van der Waals surface area (Å²) in [4.78, 5) is 3.88. The molecule has 0 bridgehead atoms. The minimum Gasteiger partial charge on any atom is -0.264 e. The van der Waals surface area contributed by atoms with Gasteiger partial charge in [-0.25, -0.2) is 4.39 Å². The van der Waals surface area contributed by atoms with Crippen molar-refractivity contribution in [1.29, 1.82) is 0 Å². The summed E-state index contributed by atoms with van der Waals surface area (Å²) >= 11 is 5.68. The number of aliphatic imine (C=N–C) groups is 1. The van der Waals surface area contributed by atoms with Crippen LogP contribution in [0.2, 0.25) is 5.02 Å². The number of halogens is 2. The number of allylic oxidation sites excluding steroid dienone is 3. The summed E-state index contributed by atoms with van der Waals surface area (Å²) in [7, 11) is 0. The van der Waals surface area contributed by atoms with E-state index in [2.05, 4.69) is 11.7 Å². The van der Waals surface area contributed by atoms with Crippen LogP contribution in [0.3, 0.4) is 0 Å². The Morgan fingerprint density at radius 1 is 1.50 bits per heavy atom. The molecule has 0 aromatic heterocycles. The summed E-state index contributed by atoms with van der Waals surface area (Å²) in [6, 6.07) is 3.26. The van der Waals surface area contributed by atoms with Gasteiger partial charge in [0.2, 0.25) is 0 Å². The molecule has 0 N–H and O–H groups in total. The van der Waals surface area contributed by atoms with Gasteiger partial charge in [-0.05, 0) is 38.3 Å². The summed E-state index contributed by atoms with van der Waals surface area (Å²) in [6.07, 6.45) is 5.48. The first kappa shape index (κ1) is 12.7. The quantitative estimate of drug-likeness (QED) is 0.546. The molecule has 1 aromatic rings. The van der Waals surface area contributed by atoms with Crippen LogP contribution in [0.1, 0.15) is 18.1 Å². The Labute approximate surface area is 100.0 Å². The first-order chi connectivity index (χ1) is 7.61.